The standard InChI is InChI=1S/C20H27N3O2/c1-15-11-16(13-18(12-15)24-3)14-23-20(21-2)22-10-9-17-7-5-6-8-19(17)25-4/h5-8,11-13H,9-10,14H2,1-4H3,(H2,21,22,23). The molecule has 25 heavy (non-hydrogen) atoms. The monoisotopic (exact) mass is 341 g/mol. The van der Waals surface area contributed by atoms with Crippen molar-refractivity contribution in [3.8, 4) is 11.5 Å². The van der Waals surface area contributed by atoms with Crippen LogP contribution in [-0.2, 0) is 13.0 Å². The number of rotatable bonds is 7. The first-order valence-corrected chi connectivity index (χ1v) is 8.37. The second-order valence-corrected chi connectivity index (χ2v) is 5.77. The van der Waals surface area contributed by atoms with Crippen LogP contribution >= 0.6 is 0 Å². The van der Waals surface area contributed by atoms with Crippen LogP contribution in [0.4, 0.5) is 0 Å². The molecule has 0 saturated carbocycles. The number of methoxy groups -OCH3 is 2. The molecule has 5 heteroatoms. The van der Waals surface area contributed by atoms with Gasteiger partial charge in [0, 0.05) is 20.1 Å². The Morgan fingerprint density at radius 1 is 1.04 bits per heavy atom. The molecule has 134 valence electrons. The van der Waals surface area contributed by atoms with Crippen LogP contribution in [-0.4, -0.2) is 33.8 Å². The highest BCUT2D eigenvalue weighted by molar-refractivity contribution is 5.79. The first kappa shape index (κ1) is 18.6. The molecule has 2 N–H and O–H groups in total. The predicted molar refractivity (Wildman–Crippen MR) is 103 cm³/mol. The highest BCUT2D eigenvalue weighted by atomic mass is 16.5. The van der Waals surface area contributed by atoms with E-state index >= 15 is 0 Å². The summed E-state index contributed by atoms with van der Waals surface area (Å²) in [5.74, 6) is 2.56. The van der Waals surface area contributed by atoms with Gasteiger partial charge in [0.2, 0.25) is 0 Å². The lowest BCUT2D eigenvalue weighted by Gasteiger charge is -2.14. The number of hydrogen-bond acceptors (Lipinski definition) is 3. The van der Waals surface area contributed by atoms with Gasteiger partial charge in [-0.2, -0.15) is 0 Å². The van der Waals surface area contributed by atoms with E-state index in [-0.39, 0.29) is 0 Å². The summed E-state index contributed by atoms with van der Waals surface area (Å²) in [6, 6.07) is 14.2. The Hall–Kier alpha value is -2.69. The second kappa shape index (κ2) is 9.57. The maximum atomic E-state index is 5.38. The van der Waals surface area contributed by atoms with E-state index in [2.05, 4.69) is 34.7 Å². The van der Waals surface area contributed by atoms with Gasteiger partial charge in [-0.1, -0.05) is 24.3 Å². The molecule has 2 aromatic carbocycles. The lowest BCUT2D eigenvalue weighted by atomic mass is 10.1. The van der Waals surface area contributed by atoms with Crippen molar-refractivity contribution in [2.45, 2.75) is 19.9 Å². The molecule has 0 aliphatic carbocycles. The first-order valence-electron chi connectivity index (χ1n) is 8.37. The molecule has 0 radical (unpaired) electrons. The Labute approximate surface area is 150 Å². The van der Waals surface area contributed by atoms with Gasteiger partial charge in [-0.05, 0) is 48.2 Å². The fourth-order valence-electron chi connectivity index (χ4n) is 2.68. The smallest absolute Gasteiger partial charge is 0.191 e. The lowest BCUT2D eigenvalue weighted by Crippen LogP contribution is -2.37. The van der Waals surface area contributed by atoms with Gasteiger partial charge in [0.25, 0.3) is 0 Å². The van der Waals surface area contributed by atoms with Gasteiger partial charge < -0.3 is 20.1 Å². The summed E-state index contributed by atoms with van der Waals surface area (Å²) in [5.41, 5.74) is 3.51. The van der Waals surface area contributed by atoms with Gasteiger partial charge in [0.15, 0.2) is 5.96 Å². The molecular weight excluding hydrogens is 314 g/mol. The average molecular weight is 341 g/mol. The summed E-state index contributed by atoms with van der Waals surface area (Å²) >= 11 is 0. The zero-order valence-corrected chi connectivity index (χ0v) is 15.4. The van der Waals surface area contributed by atoms with Crippen molar-refractivity contribution in [1.29, 1.82) is 0 Å². The van der Waals surface area contributed by atoms with Crippen LogP contribution in [0.15, 0.2) is 47.5 Å². The Bertz CT molecular complexity index is 714. The molecule has 0 atom stereocenters. The number of nitrogens with one attached hydrogen (secondary N) is 2. The fraction of sp³-hybridized carbons (Fsp3) is 0.350. The number of nitrogens with zero attached hydrogens (tertiary/aromatic N) is 1. The van der Waals surface area contributed by atoms with E-state index in [1.54, 1.807) is 21.3 Å². The van der Waals surface area contributed by atoms with Crippen LogP contribution in [0.3, 0.4) is 0 Å². The number of guanidine groups is 1. The number of benzene rings is 2. The minimum Gasteiger partial charge on any atom is -0.497 e. The maximum Gasteiger partial charge on any atom is 0.191 e. The van der Waals surface area contributed by atoms with Gasteiger partial charge in [-0.25, -0.2) is 0 Å². The van der Waals surface area contributed by atoms with Crippen LogP contribution in [0.2, 0.25) is 0 Å². The molecule has 2 aromatic rings. The number of aliphatic imine (C=N–C) groups is 1. The van der Waals surface area contributed by atoms with E-state index in [0.29, 0.717) is 6.54 Å². The zero-order valence-electron chi connectivity index (χ0n) is 15.4. The van der Waals surface area contributed by atoms with Crippen LogP contribution in [0.5, 0.6) is 11.5 Å². The third-order valence-corrected chi connectivity index (χ3v) is 3.91. The second-order valence-electron chi connectivity index (χ2n) is 5.77. The van der Waals surface area contributed by atoms with E-state index in [9.17, 15) is 0 Å². The number of aryl methyl sites for hydroxylation is 1. The van der Waals surface area contributed by atoms with Crippen molar-refractivity contribution >= 4 is 5.96 Å². The Balaban J connectivity index is 1.86. The van der Waals surface area contributed by atoms with Gasteiger partial charge >= 0.3 is 0 Å². The molecule has 5 nitrogen and oxygen atoms in total. The molecule has 0 saturated heterocycles. The molecule has 0 spiro atoms. The summed E-state index contributed by atoms with van der Waals surface area (Å²) in [6.07, 6.45) is 0.864. The van der Waals surface area contributed by atoms with E-state index in [1.165, 1.54) is 11.1 Å². The topological polar surface area (TPSA) is 54.9 Å². The average Bonchev–Trinajstić information content (AvgIpc) is 2.64. The van der Waals surface area contributed by atoms with Crippen LogP contribution in [0, 0.1) is 6.92 Å². The predicted octanol–water partition coefficient (Wildman–Crippen LogP) is 2.92. The van der Waals surface area contributed by atoms with Gasteiger partial charge in [-0.15, -0.1) is 0 Å². The highest BCUT2D eigenvalue weighted by Gasteiger charge is 2.04. The van der Waals surface area contributed by atoms with Crippen molar-refractivity contribution in [3.05, 3.63) is 59.2 Å². The van der Waals surface area contributed by atoms with Crippen LogP contribution in [0.25, 0.3) is 0 Å². The summed E-state index contributed by atoms with van der Waals surface area (Å²) in [5, 5.41) is 6.67. The van der Waals surface area contributed by atoms with Crippen molar-refractivity contribution in [3.63, 3.8) is 0 Å². The fourth-order valence-corrected chi connectivity index (χ4v) is 2.68. The number of hydrogen-bond donors (Lipinski definition) is 2. The first-order chi connectivity index (χ1) is 12.2. The quantitative estimate of drug-likeness (QED) is 0.601. The molecule has 0 heterocycles. The molecule has 2 rings (SSSR count). The third-order valence-electron chi connectivity index (χ3n) is 3.91. The van der Waals surface area contributed by atoms with Crippen molar-refractivity contribution in [2.75, 3.05) is 27.8 Å². The van der Waals surface area contributed by atoms with E-state index in [4.69, 9.17) is 9.47 Å². The number of ether oxygens (including phenoxy) is 2. The molecule has 0 amide bonds. The SMILES string of the molecule is CN=C(NCCc1ccccc1OC)NCc1cc(C)cc(OC)c1. The molecule has 0 unspecified atom stereocenters. The summed E-state index contributed by atoms with van der Waals surface area (Å²) in [4.78, 5) is 4.27. The van der Waals surface area contributed by atoms with Gasteiger partial charge in [0.05, 0.1) is 14.2 Å². The van der Waals surface area contributed by atoms with Crippen molar-refractivity contribution < 1.29 is 9.47 Å². The normalized spacial score (nSPS) is 11.1. The summed E-state index contributed by atoms with van der Waals surface area (Å²) < 4.78 is 10.7. The van der Waals surface area contributed by atoms with Crippen molar-refractivity contribution in [1.82, 2.24) is 10.6 Å². The Morgan fingerprint density at radius 3 is 2.56 bits per heavy atom. The van der Waals surface area contributed by atoms with E-state index in [0.717, 1.165) is 36.0 Å². The Morgan fingerprint density at radius 2 is 1.84 bits per heavy atom. The minimum atomic E-state index is 0.687. The Kier molecular flexibility index (Phi) is 7.14. The summed E-state index contributed by atoms with van der Waals surface area (Å²) in [6.45, 7) is 3.52. The summed E-state index contributed by atoms with van der Waals surface area (Å²) in [7, 11) is 5.16. The van der Waals surface area contributed by atoms with Crippen LogP contribution < -0.4 is 20.1 Å². The molecule has 0 bridgehead atoms. The third kappa shape index (κ3) is 5.71. The lowest BCUT2D eigenvalue weighted by molar-refractivity contribution is 0.409. The van der Waals surface area contributed by atoms with Crippen molar-refractivity contribution in [2.24, 2.45) is 4.99 Å². The van der Waals surface area contributed by atoms with Gasteiger partial charge in [0.1, 0.15) is 11.5 Å². The largest absolute Gasteiger partial charge is 0.497 e. The van der Waals surface area contributed by atoms with Crippen LogP contribution in [0.1, 0.15) is 16.7 Å². The van der Waals surface area contributed by atoms with E-state index in [1.807, 2.05) is 30.3 Å². The maximum absolute atomic E-state index is 5.38. The molecule has 0 aliphatic heterocycles. The molecule has 0 fully saturated rings. The van der Waals surface area contributed by atoms with Gasteiger partial charge in [-0.3, -0.25) is 4.99 Å². The molecular formula is C20H27N3O2. The zero-order chi connectivity index (χ0) is 18.1. The molecule has 0 aromatic heterocycles. The number of para-hydroxylation sites is 1. The minimum absolute atomic E-state index is 0.687. The van der Waals surface area contributed by atoms with E-state index < -0.39 is 0 Å². The highest BCUT2D eigenvalue weighted by Crippen LogP contribution is 2.17. The molecule has 0 aliphatic rings.